The van der Waals surface area contributed by atoms with Crippen molar-refractivity contribution >= 4 is 45.3 Å². The van der Waals surface area contributed by atoms with Crippen molar-refractivity contribution in [3.63, 3.8) is 0 Å². The SMILES string of the molecule is O=C(Nc1ccccc1)/C(=N\Nc1ccc([N+](=O)[O-])cc1[N+](=O)[O-])c1c[nH]c2ccccc12. The average molecular weight is 444 g/mol. The molecule has 0 radical (unpaired) electrons. The van der Waals surface area contributed by atoms with Crippen LogP contribution in [0.1, 0.15) is 5.56 Å². The smallest absolute Gasteiger partial charge is 0.301 e. The molecule has 0 unspecified atom stereocenters. The number of carbonyl (C=O) groups excluding carboxylic acids is 1. The number of hydrazone groups is 1. The molecule has 0 bridgehead atoms. The summed E-state index contributed by atoms with van der Waals surface area (Å²) in [6.07, 6.45) is 1.61. The van der Waals surface area contributed by atoms with Crippen molar-refractivity contribution in [2.24, 2.45) is 5.10 Å². The highest BCUT2D eigenvalue weighted by Gasteiger charge is 2.22. The van der Waals surface area contributed by atoms with Gasteiger partial charge in [0.05, 0.1) is 15.9 Å². The molecule has 0 fully saturated rings. The molecule has 1 amide bonds. The zero-order chi connectivity index (χ0) is 23.4. The third kappa shape index (κ3) is 4.51. The van der Waals surface area contributed by atoms with E-state index in [1.54, 1.807) is 48.7 Å². The number of para-hydroxylation sites is 2. The Hall–Kier alpha value is -5.06. The van der Waals surface area contributed by atoms with Crippen LogP contribution in [0.5, 0.6) is 0 Å². The highest BCUT2D eigenvalue weighted by atomic mass is 16.6. The molecule has 0 aliphatic rings. The molecule has 4 aromatic rings. The molecule has 11 heteroatoms. The van der Waals surface area contributed by atoms with E-state index in [9.17, 15) is 25.0 Å². The first-order valence-corrected chi connectivity index (χ1v) is 9.63. The number of nitrogens with zero attached hydrogens (tertiary/aromatic N) is 3. The zero-order valence-corrected chi connectivity index (χ0v) is 16.9. The lowest BCUT2D eigenvalue weighted by molar-refractivity contribution is -0.393. The topological polar surface area (TPSA) is 156 Å². The van der Waals surface area contributed by atoms with Gasteiger partial charge in [-0.1, -0.05) is 36.4 Å². The molecule has 4 rings (SSSR count). The highest BCUT2D eigenvalue weighted by molar-refractivity contribution is 6.50. The van der Waals surface area contributed by atoms with Crippen LogP contribution in [0.25, 0.3) is 10.9 Å². The second-order valence-electron chi connectivity index (χ2n) is 6.86. The van der Waals surface area contributed by atoms with Crippen LogP contribution in [-0.2, 0) is 4.79 Å². The van der Waals surface area contributed by atoms with Gasteiger partial charge >= 0.3 is 5.69 Å². The van der Waals surface area contributed by atoms with Gasteiger partial charge in [0, 0.05) is 34.4 Å². The highest BCUT2D eigenvalue weighted by Crippen LogP contribution is 2.29. The van der Waals surface area contributed by atoms with Crippen molar-refractivity contribution in [2.45, 2.75) is 0 Å². The molecule has 0 spiro atoms. The monoisotopic (exact) mass is 444 g/mol. The number of nitro groups is 2. The minimum absolute atomic E-state index is 0.0380. The largest absolute Gasteiger partial charge is 0.360 e. The second kappa shape index (κ2) is 8.98. The van der Waals surface area contributed by atoms with E-state index in [-0.39, 0.29) is 11.4 Å². The van der Waals surface area contributed by atoms with E-state index in [1.165, 1.54) is 6.07 Å². The number of non-ortho nitro benzene ring substituents is 1. The van der Waals surface area contributed by atoms with Crippen LogP contribution >= 0.6 is 0 Å². The van der Waals surface area contributed by atoms with Crippen molar-refractivity contribution in [1.82, 2.24) is 4.98 Å². The molecule has 3 aromatic carbocycles. The maximum Gasteiger partial charge on any atom is 0.301 e. The lowest BCUT2D eigenvalue weighted by atomic mass is 10.1. The molecule has 0 saturated carbocycles. The van der Waals surface area contributed by atoms with E-state index in [2.05, 4.69) is 20.8 Å². The quantitative estimate of drug-likeness (QED) is 0.217. The molecular formula is C22H16N6O5. The Morgan fingerprint density at radius 3 is 2.36 bits per heavy atom. The number of carbonyl (C=O) groups is 1. The third-order valence-corrected chi connectivity index (χ3v) is 4.77. The van der Waals surface area contributed by atoms with E-state index in [4.69, 9.17) is 0 Å². The Morgan fingerprint density at radius 1 is 0.909 bits per heavy atom. The van der Waals surface area contributed by atoms with Gasteiger partial charge in [-0.2, -0.15) is 5.10 Å². The van der Waals surface area contributed by atoms with Gasteiger partial charge in [-0.05, 0) is 24.3 Å². The second-order valence-corrected chi connectivity index (χ2v) is 6.86. The fourth-order valence-corrected chi connectivity index (χ4v) is 3.21. The number of rotatable bonds is 7. The predicted molar refractivity (Wildman–Crippen MR) is 123 cm³/mol. The van der Waals surface area contributed by atoms with Gasteiger partial charge in [0.2, 0.25) is 0 Å². The van der Waals surface area contributed by atoms with E-state index < -0.39 is 27.1 Å². The van der Waals surface area contributed by atoms with Crippen molar-refractivity contribution < 1.29 is 14.6 Å². The maximum absolute atomic E-state index is 13.1. The van der Waals surface area contributed by atoms with Gasteiger partial charge in [0.15, 0.2) is 5.71 Å². The first kappa shape index (κ1) is 21.2. The molecule has 0 atom stereocenters. The first-order valence-electron chi connectivity index (χ1n) is 9.63. The number of amides is 1. The molecule has 0 saturated heterocycles. The fourth-order valence-electron chi connectivity index (χ4n) is 3.21. The molecule has 33 heavy (non-hydrogen) atoms. The normalized spacial score (nSPS) is 11.2. The number of fused-ring (bicyclic) bond motifs is 1. The third-order valence-electron chi connectivity index (χ3n) is 4.77. The summed E-state index contributed by atoms with van der Waals surface area (Å²) in [7, 11) is 0. The van der Waals surface area contributed by atoms with Gasteiger partial charge in [-0.15, -0.1) is 0 Å². The summed E-state index contributed by atoms with van der Waals surface area (Å²) < 4.78 is 0. The zero-order valence-electron chi connectivity index (χ0n) is 16.9. The Balaban J connectivity index is 1.76. The molecule has 0 aliphatic heterocycles. The number of nitrogens with one attached hydrogen (secondary N) is 3. The summed E-state index contributed by atoms with van der Waals surface area (Å²) >= 11 is 0. The van der Waals surface area contributed by atoms with Gasteiger partial charge in [0.1, 0.15) is 5.69 Å². The Kier molecular flexibility index (Phi) is 5.76. The van der Waals surface area contributed by atoms with Gasteiger partial charge in [-0.3, -0.25) is 30.4 Å². The van der Waals surface area contributed by atoms with Crippen molar-refractivity contribution in [1.29, 1.82) is 0 Å². The van der Waals surface area contributed by atoms with E-state index in [1.807, 2.05) is 12.1 Å². The summed E-state index contributed by atoms with van der Waals surface area (Å²) in [6, 6.07) is 19.1. The lowest BCUT2D eigenvalue weighted by Crippen LogP contribution is -2.25. The van der Waals surface area contributed by atoms with Crippen molar-refractivity contribution in [3.8, 4) is 0 Å². The van der Waals surface area contributed by atoms with Crippen molar-refractivity contribution in [3.05, 3.63) is 105 Å². The molecule has 164 valence electrons. The van der Waals surface area contributed by atoms with Gasteiger partial charge in [-0.25, -0.2) is 0 Å². The standard InChI is InChI=1S/C22H16N6O5/c29-22(24-14-6-2-1-3-7-14)21(17-13-23-18-9-5-4-8-16(17)18)26-25-19-11-10-15(27(30)31)12-20(19)28(32)33/h1-13,23,25H,(H,24,29)/b26-21-. The van der Waals surface area contributed by atoms with Crippen molar-refractivity contribution in [2.75, 3.05) is 10.7 Å². The maximum atomic E-state index is 13.1. The van der Waals surface area contributed by atoms with Crippen LogP contribution in [0.2, 0.25) is 0 Å². The molecule has 0 aliphatic carbocycles. The number of aromatic amines is 1. The Labute approximate surface area is 186 Å². The van der Waals surface area contributed by atoms with Crippen LogP contribution < -0.4 is 10.7 Å². The average Bonchev–Trinajstić information content (AvgIpc) is 3.23. The Bertz CT molecular complexity index is 1400. The van der Waals surface area contributed by atoms with Crippen LogP contribution in [-0.4, -0.2) is 26.4 Å². The number of aromatic nitrogens is 1. The summed E-state index contributed by atoms with van der Waals surface area (Å²) in [5, 5.41) is 30.0. The number of hydrogen-bond donors (Lipinski definition) is 3. The van der Waals surface area contributed by atoms with Gasteiger partial charge in [0.25, 0.3) is 11.6 Å². The molecule has 1 heterocycles. The Morgan fingerprint density at radius 2 is 1.64 bits per heavy atom. The number of anilines is 2. The lowest BCUT2D eigenvalue weighted by Gasteiger charge is -2.09. The summed E-state index contributed by atoms with van der Waals surface area (Å²) in [6.45, 7) is 0. The van der Waals surface area contributed by atoms with Crippen LogP contribution in [0.3, 0.4) is 0 Å². The molecule has 11 nitrogen and oxygen atoms in total. The minimum Gasteiger partial charge on any atom is -0.360 e. The number of hydrogen-bond acceptors (Lipinski definition) is 7. The number of nitro benzene ring substituents is 2. The van der Waals surface area contributed by atoms with E-state index in [0.717, 1.165) is 23.0 Å². The fraction of sp³-hybridized carbons (Fsp3) is 0. The van der Waals surface area contributed by atoms with Gasteiger partial charge < -0.3 is 10.3 Å². The molecule has 3 N–H and O–H groups in total. The van der Waals surface area contributed by atoms with Crippen LogP contribution in [0.4, 0.5) is 22.7 Å². The predicted octanol–water partition coefficient (Wildman–Crippen LogP) is 4.44. The number of benzene rings is 3. The first-order chi connectivity index (χ1) is 15.9. The van der Waals surface area contributed by atoms with E-state index in [0.29, 0.717) is 11.3 Å². The number of H-pyrrole nitrogens is 1. The molecule has 1 aromatic heterocycles. The summed E-state index contributed by atoms with van der Waals surface area (Å²) in [5.41, 5.74) is 3.19. The summed E-state index contributed by atoms with van der Waals surface area (Å²) in [4.78, 5) is 37.1. The minimum atomic E-state index is -0.764. The molecular weight excluding hydrogens is 428 g/mol. The summed E-state index contributed by atoms with van der Waals surface area (Å²) in [5.74, 6) is -0.553. The van der Waals surface area contributed by atoms with E-state index >= 15 is 0 Å². The van der Waals surface area contributed by atoms with Crippen LogP contribution in [0.15, 0.2) is 84.1 Å². The van der Waals surface area contributed by atoms with Crippen LogP contribution in [0, 0.1) is 20.2 Å².